The second kappa shape index (κ2) is 3.26. The highest BCUT2D eigenvalue weighted by Gasteiger charge is 2.12. The summed E-state index contributed by atoms with van der Waals surface area (Å²) in [6.07, 6.45) is 0. The zero-order valence-corrected chi connectivity index (χ0v) is 7.07. The van der Waals surface area contributed by atoms with E-state index in [0.717, 1.165) is 0 Å². The molecule has 0 saturated heterocycles. The lowest BCUT2D eigenvalue weighted by molar-refractivity contribution is 0.0696. The Morgan fingerprint density at radius 2 is 1.85 bits per heavy atom. The summed E-state index contributed by atoms with van der Waals surface area (Å²) in [7, 11) is 0. The van der Waals surface area contributed by atoms with Crippen molar-refractivity contribution in [2.75, 3.05) is 0 Å². The zero-order valence-electron chi connectivity index (χ0n) is 7.07. The first-order chi connectivity index (χ1) is 6.04. The van der Waals surface area contributed by atoms with E-state index in [1.54, 1.807) is 6.92 Å². The smallest absolute Gasteiger partial charge is 0.335 e. The Hall–Kier alpha value is -1.84. The van der Waals surface area contributed by atoms with Crippen LogP contribution in [0.4, 0.5) is 0 Å². The summed E-state index contributed by atoms with van der Waals surface area (Å²) in [5.41, 5.74) is 5.81. The molecule has 4 heteroatoms. The molecule has 1 amide bonds. The van der Waals surface area contributed by atoms with Gasteiger partial charge in [0.25, 0.3) is 0 Å². The lowest BCUT2D eigenvalue weighted by Gasteiger charge is -2.04. The molecule has 1 rings (SSSR count). The van der Waals surface area contributed by atoms with Gasteiger partial charge < -0.3 is 10.8 Å². The van der Waals surface area contributed by atoms with E-state index >= 15 is 0 Å². The number of carbonyl (C=O) groups excluding carboxylic acids is 1. The SMILES string of the molecule is Cc1c(C(N)=O)cccc1C(=O)O. The maximum absolute atomic E-state index is 10.8. The molecule has 0 spiro atoms. The van der Waals surface area contributed by atoms with Crippen molar-refractivity contribution in [1.82, 2.24) is 0 Å². The minimum atomic E-state index is -1.06. The van der Waals surface area contributed by atoms with Crippen molar-refractivity contribution >= 4 is 11.9 Å². The molecule has 1 aromatic carbocycles. The predicted octanol–water partition coefficient (Wildman–Crippen LogP) is 0.792. The molecule has 13 heavy (non-hydrogen) atoms. The number of carboxylic acids is 1. The van der Waals surface area contributed by atoms with Gasteiger partial charge in [-0.1, -0.05) is 6.07 Å². The highest BCUT2D eigenvalue weighted by molar-refractivity contribution is 5.98. The molecule has 0 unspecified atom stereocenters. The summed E-state index contributed by atoms with van der Waals surface area (Å²) >= 11 is 0. The van der Waals surface area contributed by atoms with Crippen LogP contribution in [-0.4, -0.2) is 17.0 Å². The molecule has 3 N–H and O–H groups in total. The van der Waals surface area contributed by atoms with E-state index in [1.165, 1.54) is 18.2 Å². The van der Waals surface area contributed by atoms with E-state index in [0.29, 0.717) is 5.56 Å². The van der Waals surface area contributed by atoms with Crippen LogP contribution in [0.2, 0.25) is 0 Å². The summed E-state index contributed by atoms with van der Waals surface area (Å²) < 4.78 is 0. The number of carbonyl (C=O) groups is 2. The Kier molecular flexibility index (Phi) is 2.32. The van der Waals surface area contributed by atoms with Crippen LogP contribution in [0.3, 0.4) is 0 Å². The second-order valence-corrected chi connectivity index (χ2v) is 2.65. The number of nitrogens with two attached hydrogens (primary N) is 1. The molecule has 0 aliphatic carbocycles. The maximum Gasteiger partial charge on any atom is 0.335 e. The van der Waals surface area contributed by atoms with Gasteiger partial charge in [-0.3, -0.25) is 4.79 Å². The van der Waals surface area contributed by atoms with Gasteiger partial charge in [-0.25, -0.2) is 4.79 Å². The van der Waals surface area contributed by atoms with Crippen molar-refractivity contribution < 1.29 is 14.7 Å². The number of hydrogen-bond acceptors (Lipinski definition) is 2. The third-order valence-electron chi connectivity index (χ3n) is 1.83. The van der Waals surface area contributed by atoms with Crippen molar-refractivity contribution in [3.63, 3.8) is 0 Å². The van der Waals surface area contributed by atoms with Crippen LogP contribution in [0.1, 0.15) is 26.3 Å². The molecular weight excluding hydrogens is 170 g/mol. The topological polar surface area (TPSA) is 80.4 Å². The van der Waals surface area contributed by atoms with Crippen LogP contribution in [0.25, 0.3) is 0 Å². The monoisotopic (exact) mass is 179 g/mol. The summed E-state index contributed by atoms with van der Waals surface area (Å²) in [5, 5.41) is 8.72. The summed E-state index contributed by atoms with van der Waals surface area (Å²) in [5.74, 6) is -1.67. The fraction of sp³-hybridized carbons (Fsp3) is 0.111. The molecule has 0 radical (unpaired) electrons. The average Bonchev–Trinajstić information content (AvgIpc) is 2.03. The second-order valence-electron chi connectivity index (χ2n) is 2.65. The number of rotatable bonds is 2. The Labute approximate surface area is 75.0 Å². The van der Waals surface area contributed by atoms with Crippen molar-refractivity contribution in [3.05, 3.63) is 34.9 Å². The number of aromatic carboxylic acids is 1. The molecule has 4 nitrogen and oxygen atoms in total. The average molecular weight is 179 g/mol. The summed E-state index contributed by atoms with van der Waals surface area (Å²) in [4.78, 5) is 21.5. The molecule has 0 fully saturated rings. The highest BCUT2D eigenvalue weighted by atomic mass is 16.4. The quantitative estimate of drug-likeness (QED) is 0.704. The normalized spacial score (nSPS) is 9.62. The van der Waals surface area contributed by atoms with Gasteiger partial charge in [0.15, 0.2) is 0 Å². The molecule has 0 atom stereocenters. The molecule has 0 saturated carbocycles. The van der Waals surface area contributed by atoms with Gasteiger partial charge in [0.1, 0.15) is 0 Å². The van der Waals surface area contributed by atoms with Crippen LogP contribution in [-0.2, 0) is 0 Å². The Morgan fingerprint density at radius 3 is 2.31 bits per heavy atom. The largest absolute Gasteiger partial charge is 0.478 e. The van der Waals surface area contributed by atoms with E-state index in [1.807, 2.05) is 0 Å². The minimum Gasteiger partial charge on any atom is -0.478 e. The van der Waals surface area contributed by atoms with Crippen LogP contribution in [0, 0.1) is 6.92 Å². The molecule has 0 heterocycles. The predicted molar refractivity (Wildman–Crippen MR) is 46.7 cm³/mol. The first-order valence-electron chi connectivity index (χ1n) is 3.66. The number of benzene rings is 1. The van der Waals surface area contributed by atoms with Crippen molar-refractivity contribution in [3.8, 4) is 0 Å². The van der Waals surface area contributed by atoms with Gasteiger partial charge in [-0.05, 0) is 24.6 Å². The van der Waals surface area contributed by atoms with Gasteiger partial charge in [0, 0.05) is 5.56 Å². The van der Waals surface area contributed by atoms with Crippen molar-refractivity contribution in [2.45, 2.75) is 6.92 Å². The molecular formula is C9H9NO3. The van der Waals surface area contributed by atoms with Crippen molar-refractivity contribution in [1.29, 1.82) is 0 Å². The van der Waals surface area contributed by atoms with Gasteiger partial charge in [-0.15, -0.1) is 0 Å². The van der Waals surface area contributed by atoms with Crippen LogP contribution in [0.15, 0.2) is 18.2 Å². The highest BCUT2D eigenvalue weighted by Crippen LogP contribution is 2.12. The van der Waals surface area contributed by atoms with Crippen molar-refractivity contribution in [2.24, 2.45) is 5.73 Å². The zero-order chi connectivity index (χ0) is 10.0. The van der Waals surface area contributed by atoms with Crippen LogP contribution in [0.5, 0.6) is 0 Å². The molecule has 0 aliphatic heterocycles. The summed E-state index contributed by atoms with van der Waals surface area (Å²) in [6.45, 7) is 1.56. The minimum absolute atomic E-state index is 0.108. The fourth-order valence-electron chi connectivity index (χ4n) is 1.13. The number of primary amides is 1. The summed E-state index contributed by atoms with van der Waals surface area (Å²) in [6, 6.07) is 4.44. The molecule has 0 bridgehead atoms. The van der Waals surface area contributed by atoms with Crippen LogP contribution < -0.4 is 5.73 Å². The fourth-order valence-corrected chi connectivity index (χ4v) is 1.13. The number of carboxylic acid groups (broad SMARTS) is 1. The van der Waals surface area contributed by atoms with E-state index in [-0.39, 0.29) is 11.1 Å². The Morgan fingerprint density at radius 1 is 1.31 bits per heavy atom. The van der Waals surface area contributed by atoms with Gasteiger partial charge >= 0.3 is 5.97 Å². The van der Waals surface area contributed by atoms with Crippen LogP contribution >= 0.6 is 0 Å². The molecule has 0 aliphatic rings. The molecule has 0 aromatic heterocycles. The number of amides is 1. The first kappa shape index (κ1) is 9.25. The Balaban J connectivity index is 3.35. The van der Waals surface area contributed by atoms with E-state index in [2.05, 4.69) is 0 Å². The van der Waals surface area contributed by atoms with Gasteiger partial charge in [0.05, 0.1) is 5.56 Å². The number of hydrogen-bond donors (Lipinski definition) is 2. The molecule has 1 aromatic rings. The first-order valence-corrected chi connectivity index (χ1v) is 3.66. The van der Waals surface area contributed by atoms with E-state index in [4.69, 9.17) is 10.8 Å². The van der Waals surface area contributed by atoms with Gasteiger partial charge in [-0.2, -0.15) is 0 Å². The standard InChI is InChI=1S/C9H9NO3/c1-5-6(8(10)11)3-2-4-7(5)9(12)13/h2-4H,1H3,(H2,10,11)(H,12,13). The van der Waals surface area contributed by atoms with E-state index in [9.17, 15) is 9.59 Å². The molecule has 68 valence electrons. The third kappa shape index (κ3) is 1.66. The lowest BCUT2D eigenvalue weighted by atomic mass is 10.0. The maximum atomic E-state index is 10.8. The van der Waals surface area contributed by atoms with Gasteiger partial charge in [0.2, 0.25) is 5.91 Å². The Bertz CT molecular complexity index is 339. The third-order valence-corrected chi connectivity index (χ3v) is 1.83. The lowest BCUT2D eigenvalue weighted by Crippen LogP contribution is -2.14. The van der Waals surface area contributed by atoms with E-state index < -0.39 is 11.9 Å².